The number of aliphatic hydroxyl groups is 1. The van der Waals surface area contributed by atoms with Gasteiger partial charge in [0.25, 0.3) is 0 Å². The molecule has 1 amide bonds. The first-order valence-electron chi connectivity index (χ1n) is 38.6. The van der Waals surface area contributed by atoms with Crippen molar-refractivity contribution in [2.45, 2.75) is 431 Å². The van der Waals surface area contributed by atoms with Gasteiger partial charge in [0, 0.05) is 6.42 Å². The number of quaternary nitrogens is 1. The maximum absolute atomic E-state index is 13.1. The molecule has 0 aromatic rings. The van der Waals surface area contributed by atoms with Crippen LogP contribution in [0.4, 0.5) is 0 Å². The number of likely N-dealkylation sites (N-methyl/N-ethyl adjacent to an activating group) is 1. The summed E-state index contributed by atoms with van der Waals surface area (Å²) >= 11 is 0. The van der Waals surface area contributed by atoms with Gasteiger partial charge in [-0.1, -0.05) is 405 Å². The first-order chi connectivity index (χ1) is 41.5. The first kappa shape index (κ1) is 84.2. The van der Waals surface area contributed by atoms with Crippen molar-refractivity contribution in [3.05, 3.63) is 12.2 Å². The summed E-state index contributed by atoms with van der Waals surface area (Å²) in [7, 11) is 1.60. The molecule has 3 atom stereocenters. The number of phosphoric ester groups is 1. The van der Waals surface area contributed by atoms with Crippen molar-refractivity contribution in [3.63, 3.8) is 0 Å². The molecular formula is C76H154N2O6P+. The maximum Gasteiger partial charge on any atom is 0.472 e. The van der Waals surface area contributed by atoms with Crippen LogP contribution in [0.15, 0.2) is 12.2 Å². The van der Waals surface area contributed by atoms with Crippen LogP contribution in [0.5, 0.6) is 0 Å². The van der Waals surface area contributed by atoms with Crippen LogP contribution in [0.1, 0.15) is 418 Å². The van der Waals surface area contributed by atoms with Gasteiger partial charge < -0.3 is 19.8 Å². The van der Waals surface area contributed by atoms with Crippen LogP contribution < -0.4 is 5.32 Å². The van der Waals surface area contributed by atoms with Crippen molar-refractivity contribution in [2.75, 3.05) is 40.9 Å². The van der Waals surface area contributed by atoms with Crippen LogP contribution in [-0.2, 0) is 18.4 Å². The Kier molecular flexibility index (Phi) is 67.0. The number of aliphatic hydroxyl groups excluding tert-OH is 1. The summed E-state index contributed by atoms with van der Waals surface area (Å²) in [5, 5.41) is 14.0. The molecule has 0 aliphatic heterocycles. The van der Waals surface area contributed by atoms with E-state index in [0.29, 0.717) is 17.4 Å². The third-order valence-corrected chi connectivity index (χ3v) is 19.2. The second-order valence-electron chi connectivity index (χ2n) is 28.1. The van der Waals surface area contributed by atoms with Crippen molar-refractivity contribution in [1.82, 2.24) is 5.32 Å². The molecule has 0 aromatic heterocycles. The zero-order chi connectivity index (χ0) is 61.9. The van der Waals surface area contributed by atoms with Crippen LogP contribution in [0.25, 0.3) is 0 Å². The molecule has 0 saturated heterocycles. The first-order valence-corrected chi connectivity index (χ1v) is 40.1. The van der Waals surface area contributed by atoms with E-state index in [1.165, 1.54) is 366 Å². The fourth-order valence-electron chi connectivity index (χ4n) is 12.3. The Balaban J connectivity index is 3.93. The van der Waals surface area contributed by atoms with Gasteiger partial charge in [-0.3, -0.25) is 13.8 Å². The Morgan fingerprint density at radius 2 is 0.624 bits per heavy atom. The van der Waals surface area contributed by atoms with Gasteiger partial charge in [-0.2, -0.15) is 0 Å². The summed E-state index contributed by atoms with van der Waals surface area (Å²) in [6.45, 7) is 4.90. The minimum absolute atomic E-state index is 0.0656. The van der Waals surface area contributed by atoms with E-state index in [9.17, 15) is 19.4 Å². The van der Waals surface area contributed by atoms with Crippen LogP contribution in [0.3, 0.4) is 0 Å². The summed E-state index contributed by atoms with van der Waals surface area (Å²) < 4.78 is 23.9. The molecule has 0 aliphatic rings. The monoisotopic (exact) mass is 1220 g/mol. The van der Waals surface area contributed by atoms with Gasteiger partial charge in [0.1, 0.15) is 13.2 Å². The van der Waals surface area contributed by atoms with Gasteiger partial charge in [-0.25, -0.2) is 4.57 Å². The smallest absolute Gasteiger partial charge is 0.387 e. The predicted molar refractivity (Wildman–Crippen MR) is 374 cm³/mol. The van der Waals surface area contributed by atoms with Crippen molar-refractivity contribution < 1.29 is 32.9 Å². The highest BCUT2D eigenvalue weighted by atomic mass is 31.2. The molecule has 0 aromatic carbocycles. The summed E-state index contributed by atoms with van der Waals surface area (Å²) in [6, 6.07) is -0.844. The topological polar surface area (TPSA) is 105 Å². The Bertz CT molecular complexity index is 1390. The number of carbonyl (C=O) groups is 1. The number of hydrogen-bond acceptors (Lipinski definition) is 5. The molecule has 3 N–H and O–H groups in total. The lowest BCUT2D eigenvalue weighted by Crippen LogP contribution is -2.45. The highest BCUT2D eigenvalue weighted by molar-refractivity contribution is 7.47. The Morgan fingerprint density at radius 1 is 0.388 bits per heavy atom. The normalized spacial score (nSPS) is 13.5. The quantitative estimate of drug-likeness (QED) is 0.0243. The van der Waals surface area contributed by atoms with Crippen molar-refractivity contribution in [3.8, 4) is 0 Å². The van der Waals surface area contributed by atoms with E-state index in [1.807, 2.05) is 27.2 Å². The molecule has 0 saturated carbocycles. The molecular weight excluding hydrogens is 1070 g/mol. The summed E-state index contributed by atoms with van der Waals surface area (Å²) in [5.74, 6) is -0.166. The van der Waals surface area contributed by atoms with E-state index in [1.54, 1.807) is 6.08 Å². The maximum atomic E-state index is 13.1. The average Bonchev–Trinajstić information content (AvgIpc) is 3.49. The molecule has 9 heteroatoms. The Labute approximate surface area is 532 Å². The fraction of sp³-hybridized carbons (Fsp3) is 0.961. The van der Waals surface area contributed by atoms with Gasteiger partial charge in [0.15, 0.2) is 0 Å². The highest BCUT2D eigenvalue weighted by Crippen LogP contribution is 2.43. The third-order valence-electron chi connectivity index (χ3n) is 18.3. The third kappa shape index (κ3) is 70.6. The summed E-state index contributed by atoms with van der Waals surface area (Å²) in [6.07, 6.45) is 88.3. The molecule has 0 aliphatic carbocycles. The van der Waals surface area contributed by atoms with Gasteiger partial charge in [-0.15, -0.1) is 0 Å². The molecule has 508 valence electrons. The molecule has 0 spiro atoms. The molecule has 85 heavy (non-hydrogen) atoms. The van der Waals surface area contributed by atoms with E-state index < -0.39 is 20.0 Å². The average molecular weight is 1220 g/mol. The Morgan fingerprint density at radius 3 is 0.871 bits per heavy atom. The number of nitrogens with zero attached hydrogens (tertiary/aromatic N) is 1. The van der Waals surface area contributed by atoms with Gasteiger partial charge >= 0.3 is 7.82 Å². The number of rotatable bonds is 73. The van der Waals surface area contributed by atoms with Crippen LogP contribution in [0, 0.1) is 0 Å². The van der Waals surface area contributed by atoms with Gasteiger partial charge in [0.2, 0.25) is 5.91 Å². The van der Waals surface area contributed by atoms with E-state index in [0.717, 1.165) is 32.1 Å². The number of phosphoric acid groups is 1. The molecule has 0 rings (SSSR count). The standard InChI is InChI=1S/C76H153N2O6P/c1-6-8-10-12-14-16-18-20-22-24-26-28-30-32-34-35-36-37-38-39-40-41-42-43-44-46-48-50-52-54-56-58-60-62-64-66-68-70-76(80)77-74(73-84-85(81,82)83-72-71-78(3,4)5)75(79)69-67-65-63-61-59-57-55-53-51-49-47-45-33-31-29-27-25-23-21-19-17-15-13-11-9-7-2/h67,69,74-75,79H,6-66,68,70-73H2,1-5H3,(H-,77,80,81,82)/p+1/b69-67+. The van der Waals surface area contributed by atoms with E-state index in [-0.39, 0.29) is 19.1 Å². The number of carbonyl (C=O) groups excluding carboxylic acids is 1. The number of nitrogens with one attached hydrogen (secondary N) is 1. The van der Waals surface area contributed by atoms with Crippen LogP contribution in [0.2, 0.25) is 0 Å². The van der Waals surface area contributed by atoms with Crippen molar-refractivity contribution >= 4 is 13.7 Å². The lowest BCUT2D eigenvalue weighted by molar-refractivity contribution is -0.870. The molecule has 0 fully saturated rings. The van der Waals surface area contributed by atoms with Crippen molar-refractivity contribution in [1.29, 1.82) is 0 Å². The van der Waals surface area contributed by atoms with Crippen molar-refractivity contribution in [2.24, 2.45) is 0 Å². The lowest BCUT2D eigenvalue weighted by atomic mass is 10.0. The summed E-state index contributed by atoms with van der Waals surface area (Å²) in [4.78, 5) is 23.5. The molecule has 0 bridgehead atoms. The largest absolute Gasteiger partial charge is 0.472 e. The minimum Gasteiger partial charge on any atom is -0.387 e. The molecule has 0 heterocycles. The molecule has 3 unspecified atom stereocenters. The number of unbranched alkanes of at least 4 members (excludes halogenated alkanes) is 60. The second kappa shape index (κ2) is 67.6. The zero-order valence-electron chi connectivity index (χ0n) is 58.4. The zero-order valence-corrected chi connectivity index (χ0v) is 59.3. The SMILES string of the molecule is CCCCCCCCCCCCCCCCCCCCCCCCCC/C=C/C(O)C(COP(=O)(O)OCC[N+](C)(C)C)NC(=O)CCCCCCCCCCCCCCCCCCCCCCCCCCCCCCCCCCCCCCC. The van der Waals surface area contributed by atoms with E-state index in [4.69, 9.17) is 9.05 Å². The number of amides is 1. The number of allylic oxidation sites excluding steroid dienone is 1. The fourth-order valence-corrected chi connectivity index (χ4v) is 13.0. The van der Waals surface area contributed by atoms with Crippen LogP contribution in [-0.4, -0.2) is 73.4 Å². The minimum atomic E-state index is -4.35. The van der Waals surface area contributed by atoms with Gasteiger partial charge in [-0.05, 0) is 19.3 Å². The summed E-state index contributed by atoms with van der Waals surface area (Å²) in [5.41, 5.74) is 0. The molecule has 0 radical (unpaired) electrons. The van der Waals surface area contributed by atoms with E-state index >= 15 is 0 Å². The number of hydrogen-bond donors (Lipinski definition) is 3. The van der Waals surface area contributed by atoms with Gasteiger partial charge in [0.05, 0.1) is 39.9 Å². The van der Waals surface area contributed by atoms with Crippen LogP contribution >= 0.6 is 7.82 Å². The predicted octanol–water partition coefficient (Wildman–Crippen LogP) is 24.8. The lowest BCUT2D eigenvalue weighted by Gasteiger charge is -2.25. The molecule has 8 nitrogen and oxygen atoms in total. The Hall–Kier alpha value is -0.760. The second-order valence-corrected chi connectivity index (χ2v) is 29.6. The highest BCUT2D eigenvalue weighted by Gasteiger charge is 2.28. The van der Waals surface area contributed by atoms with E-state index in [2.05, 4.69) is 19.2 Å².